The first-order valence-corrected chi connectivity index (χ1v) is 6.35. The van der Waals surface area contributed by atoms with Crippen LogP contribution in [0.5, 0.6) is 5.75 Å². The van der Waals surface area contributed by atoms with Crippen LogP contribution in [0.25, 0.3) is 0 Å². The predicted molar refractivity (Wildman–Crippen MR) is 70.5 cm³/mol. The number of nitrogens with two attached hydrogens (primary N) is 1. The summed E-state index contributed by atoms with van der Waals surface area (Å²) in [4.78, 5) is 24.8. The Morgan fingerprint density at radius 3 is 2.53 bits per heavy atom. The third-order valence-corrected chi connectivity index (χ3v) is 3.30. The third-order valence-electron chi connectivity index (χ3n) is 3.30. The average Bonchev–Trinajstić information content (AvgIpc) is 2.42. The number of ether oxygens (including phenoxy) is 1. The van der Waals surface area contributed by atoms with Crippen molar-refractivity contribution in [3.63, 3.8) is 0 Å². The lowest BCUT2D eigenvalue weighted by atomic mass is 10.0. The zero-order valence-electron chi connectivity index (χ0n) is 11.0. The summed E-state index contributed by atoms with van der Waals surface area (Å²) in [5.41, 5.74) is 6.90. The number of carbonyl (C=O) groups is 2. The van der Waals surface area contributed by atoms with Gasteiger partial charge in [-0.15, -0.1) is 0 Å². The maximum atomic E-state index is 11.7. The van der Waals surface area contributed by atoms with Crippen molar-refractivity contribution in [1.29, 1.82) is 0 Å². The highest BCUT2D eigenvalue weighted by Crippen LogP contribution is 2.25. The summed E-state index contributed by atoms with van der Waals surface area (Å²) in [6, 6.07) is 6.95. The van der Waals surface area contributed by atoms with Crippen LogP contribution in [-0.2, 0) is 9.59 Å². The van der Waals surface area contributed by atoms with Crippen molar-refractivity contribution in [2.24, 2.45) is 5.73 Å². The topological polar surface area (TPSA) is 72.6 Å². The molecule has 102 valence electrons. The zero-order chi connectivity index (χ0) is 13.8. The molecule has 1 fully saturated rings. The molecule has 1 aliphatic heterocycles. The van der Waals surface area contributed by atoms with E-state index in [0.717, 1.165) is 5.56 Å². The number of rotatable bonds is 4. The molecule has 0 bridgehead atoms. The Hall–Kier alpha value is -1.88. The van der Waals surface area contributed by atoms with Gasteiger partial charge in [-0.3, -0.25) is 14.5 Å². The van der Waals surface area contributed by atoms with Crippen molar-refractivity contribution in [3.8, 4) is 5.75 Å². The lowest BCUT2D eigenvalue weighted by Crippen LogP contribution is -2.43. The monoisotopic (exact) mass is 262 g/mol. The van der Waals surface area contributed by atoms with Gasteiger partial charge in [0.15, 0.2) is 0 Å². The second-order valence-electron chi connectivity index (χ2n) is 4.60. The Kier molecular flexibility index (Phi) is 4.16. The Balaban J connectivity index is 2.13. The van der Waals surface area contributed by atoms with Crippen molar-refractivity contribution < 1.29 is 14.3 Å². The first kappa shape index (κ1) is 13.5. The van der Waals surface area contributed by atoms with Gasteiger partial charge in [0.2, 0.25) is 11.8 Å². The Morgan fingerprint density at radius 1 is 1.26 bits per heavy atom. The molecule has 5 heteroatoms. The summed E-state index contributed by atoms with van der Waals surface area (Å²) < 4.78 is 5.24. The lowest BCUT2D eigenvalue weighted by Gasteiger charge is -2.28. The van der Waals surface area contributed by atoms with E-state index in [2.05, 4.69) is 0 Å². The number of amides is 2. The second-order valence-corrected chi connectivity index (χ2v) is 4.60. The van der Waals surface area contributed by atoms with E-state index in [9.17, 15) is 9.59 Å². The van der Waals surface area contributed by atoms with Gasteiger partial charge in [-0.1, -0.05) is 18.2 Å². The van der Waals surface area contributed by atoms with Crippen LogP contribution >= 0.6 is 0 Å². The van der Waals surface area contributed by atoms with Crippen molar-refractivity contribution in [2.45, 2.75) is 25.3 Å². The molecule has 0 radical (unpaired) electrons. The quantitative estimate of drug-likeness (QED) is 0.828. The van der Waals surface area contributed by atoms with Gasteiger partial charge in [-0.25, -0.2) is 0 Å². The number of para-hydroxylation sites is 1. The van der Waals surface area contributed by atoms with E-state index in [-0.39, 0.29) is 18.4 Å². The van der Waals surface area contributed by atoms with Crippen molar-refractivity contribution in [2.75, 3.05) is 13.7 Å². The SMILES string of the molecule is COc1ccccc1C(N)CN1C(=O)CCCC1=O. The minimum Gasteiger partial charge on any atom is -0.496 e. The molecule has 1 saturated heterocycles. The molecular formula is C14H18N2O3. The molecule has 2 N–H and O–H groups in total. The molecule has 1 aromatic carbocycles. The van der Waals surface area contributed by atoms with Crippen molar-refractivity contribution >= 4 is 11.8 Å². The van der Waals surface area contributed by atoms with Crippen LogP contribution in [0, 0.1) is 0 Å². The molecule has 1 aromatic rings. The van der Waals surface area contributed by atoms with Gasteiger partial charge in [0.25, 0.3) is 0 Å². The van der Waals surface area contributed by atoms with Crippen LogP contribution in [0.15, 0.2) is 24.3 Å². The molecule has 1 heterocycles. The van der Waals surface area contributed by atoms with Crippen LogP contribution in [0.3, 0.4) is 0 Å². The molecule has 19 heavy (non-hydrogen) atoms. The average molecular weight is 262 g/mol. The molecule has 1 atom stereocenters. The summed E-state index contributed by atoms with van der Waals surface area (Å²) >= 11 is 0. The maximum absolute atomic E-state index is 11.7. The van der Waals surface area contributed by atoms with Crippen LogP contribution in [-0.4, -0.2) is 30.4 Å². The third kappa shape index (κ3) is 2.93. The molecule has 1 aliphatic rings. The van der Waals surface area contributed by atoms with Crippen LogP contribution in [0.1, 0.15) is 30.9 Å². The number of methoxy groups -OCH3 is 1. The van der Waals surface area contributed by atoms with Gasteiger partial charge in [0.05, 0.1) is 13.2 Å². The van der Waals surface area contributed by atoms with E-state index < -0.39 is 6.04 Å². The Morgan fingerprint density at radius 2 is 1.89 bits per heavy atom. The van der Waals surface area contributed by atoms with Gasteiger partial charge in [-0.05, 0) is 12.5 Å². The number of hydrogen-bond donors (Lipinski definition) is 1. The van der Waals surface area contributed by atoms with Crippen LogP contribution in [0.2, 0.25) is 0 Å². The van der Waals surface area contributed by atoms with Gasteiger partial charge in [0, 0.05) is 24.9 Å². The van der Waals surface area contributed by atoms with Crippen LogP contribution in [0.4, 0.5) is 0 Å². The van der Waals surface area contributed by atoms with Crippen LogP contribution < -0.4 is 10.5 Å². The molecule has 2 amide bonds. The summed E-state index contributed by atoms with van der Waals surface area (Å²) in [6.07, 6.45) is 1.48. The second kappa shape index (κ2) is 5.84. The number of benzene rings is 1. The minimum absolute atomic E-state index is 0.137. The van der Waals surface area contributed by atoms with E-state index in [1.165, 1.54) is 4.90 Å². The number of hydrogen-bond acceptors (Lipinski definition) is 4. The molecule has 1 unspecified atom stereocenters. The van der Waals surface area contributed by atoms with Gasteiger partial charge in [0.1, 0.15) is 5.75 Å². The highest BCUT2D eigenvalue weighted by molar-refractivity contribution is 5.97. The smallest absolute Gasteiger partial charge is 0.229 e. The Labute approximate surface area is 112 Å². The van der Waals surface area contributed by atoms with Gasteiger partial charge >= 0.3 is 0 Å². The molecule has 5 nitrogen and oxygen atoms in total. The standard InChI is InChI=1S/C14H18N2O3/c1-19-12-6-3-2-5-10(12)11(15)9-16-13(17)7-4-8-14(16)18/h2-3,5-6,11H,4,7-9,15H2,1H3. The zero-order valence-corrected chi connectivity index (χ0v) is 11.0. The highest BCUT2D eigenvalue weighted by Gasteiger charge is 2.28. The number of carbonyl (C=O) groups excluding carboxylic acids is 2. The molecular weight excluding hydrogens is 244 g/mol. The van der Waals surface area contributed by atoms with Crippen molar-refractivity contribution in [1.82, 2.24) is 4.90 Å². The summed E-state index contributed by atoms with van der Waals surface area (Å²) in [5.74, 6) is 0.398. The first-order valence-electron chi connectivity index (χ1n) is 6.35. The molecule has 0 saturated carbocycles. The molecule has 2 rings (SSSR count). The largest absolute Gasteiger partial charge is 0.496 e. The van der Waals surface area contributed by atoms with Crippen molar-refractivity contribution in [3.05, 3.63) is 29.8 Å². The fraction of sp³-hybridized carbons (Fsp3) is 0.429. The lowest BCUT2D eigenvalue weighted by molar-refractivity contribution is -0.148. The Bertz CT molecular complexity index is 471. The minimum atomic E-state index is -0.429. The first-order chi connectivity index (χ1) is 9.13. The van der Waals surface area contributed by atoms with Gasteiger partial charge in [-0.2, -0.15) is 0 Å². The molecule has 0 aromatic heterocycles. The van der Waals surface area contributed by atoms with E-state index in [4.69, 9.17) is 10.5 Å². The fourth-order valence-corrected chi connectivity index (χ4v) is 2.27. The van der Waals surface area contributed by atoms with E-state index in [1.807, 2.05) is 24.3 Å². The highest BCUT2D eigenvalue weighted by atomic mass is 16.5. The number of nitrogens with zero attached hydrogens (tertiary/aromatic N) is 1. The number of piperidine rings is 1. The number of likely N-dealkylation sites (tertiary alicyclic amines) is 1. The van der Waals surface area contributed by atoms with Gasteiger partial charge < -0.3 is 10.5 Å². The summed E-state index contributed by atoms with van der Waals surface area (Å²) in [6.45, 7) is 0.206. The molecule has 0 aliphatic carbocycles. The van der Waals surface area contributed by atoms with E-state index in [1.54, 1.807) is 7.11 Å². The summed E-state index contributed by atoms with van der Waals surface area (Å²) in [7, 11) is 1.57. The molecule has 0 spiro atoms. The maximum Gasteiger partial charge on any atom is 0.229 e. The van der Waals surface area contributed by atoms with E-state index in [0.29, 0.717) is 25.0 Å². The predicted octanol–water partition coefficient (Wildman–Crippen LogP) is 1.23. The summed E-state index contributed by atoms with van der Waals surface area (Å²) in [5, 5.41) is 0. The van der Waals surface area contributed by atoms with E-state index >= 15 is 0 Å². The fourth-order valence-electron chi connectivity index (χ4n) is 2.27. The number of imide groups is 1. The normalized spacial score (nSPS) is 17.5.